The Kier molecular flexibility index (Phi) is 5.71. The minimum Gasteiger partial charge on any atom is -0.492 e. The van der Waals surface area contributed by atoms with Crippen molar-refractivity contribution >= 4 is 0 Å². The predicted molar refractivity (Wildman–Crippen MR) is 80.9 cm³/mol. The molecule has 0 unspecified atom stereocenters. The molecule has 1 aliphatic rings. The maximum atomic E-state index is 5.77. The molecule has 2 nitrogen and oxygen atoms in total. The molecular weight excluding hydrogens is 234 g/mol. The molecule has 1 aromatic carbocycles. The Morgan fingerprint density at radius 1 is 1.11 bits per heavy atom. The van der Waals surface area contributed by atoms with Gasteiger partial charge in [0.15, 0.2) is 0 Å². The third kappa shape index (κ3) is 4.87. The third-order valence-corrected chi connectivity index (χ3v) is 4.18. The molecule has 0 amide bonds. The monoisotopic (exact) mass is 261 g/mol. The molecule has 1 aliphatic carbocycles. The zero-order valence-corrected chi connectivity index (χ0v) is 12.4. The van der Waals surface area contributed by atoms with Crippen molar-refractivity contribution in [3.63, 3.8) is 0 Å². The lowest BCUT2D eigenvalue weighted by Crippen LogP contribution is -2.28. The van der Waals surface area contributed by atoms with Crippen molar-refractivity contribution < 1.29 is 4.74 Å². The first-order valence-corrected chi connectivity index (χ1v) is 7.66. The summed E-state index contributed by atoms with van der Waals surface area (Å²) >= 11 is 0. The summed E-state index contributed by atoms with van der Waals surface area (Å²) < 4.78 is 5.77. The van der Waals surface area contributed by atoms with Crippen LogP contribution < -0.4 is 10.1 Å². The Hall–Kier alpha value is -1.02. The van der Waals surface area contributed by atoms with Crippen molar-refractivity contribution in [2.75, 3.05) is 19.7 Å². The van der Waals surface area contributed by atoms with E-state index in [2.05, 4.69) is 37.4 Å². The zero-order chi connectivity index (χ0) is 13.5. The van der Waals surface area contributed by atoms with Crippen LogP contribution in [0.15, 0.2) is 18.2 Å². The number of rotatable bonds is 6. The fourth-order valence-corrected chi connectivity index (χ4v) is 2.74. The van der Waals surface area contributed by atoms with E-state index in [0.717, 1.165) is 31.4 Å². The van der Waals surface area contributed by atoms with Gasteiger partial charge in [-0.25, -0.2) is 0 Å². The second-order valence-corrected chi connectivity index (χ2v) is 5.80. The van der Waals surface area contributed by atoms with Crippen molar-refractivity contribution in [1.29, 1.82) is 0 Å². The Labute approximate surface area is 117 Å². The van der Waals surface area contributed by atoms with Gasteiger partial charge in [-0.05, 0) is 62.4 Å². The highest BCUT2D eigenvalue weighted by molar-refractivity contribution is 5.33. The summed E-state index contributed by atoms with van der Waals surface area (Å²) in [4.78, 5) is 0. The molecule has 0 saturated heterocycles. The van der Waals surface area contributed by atoms with Gasteiger partial charge < -0.3 is 10.1 Å². The van der Waals surface area contributed by atoms with E-state index in [9.17, 15) is 0 Å². The van der Waals surface area contributed by atoms with E-state index in [1.165, 1.54) is 43.2 Å². The number of hydrogen-bond donors (Lipinski definition) is 1. The van der Waals surface area contributed by atoms with Crippen molar-refractivity contribution in [2.24, 2.45) is 5.92 Å². The van der Waals surface area contributed by atoms with Gasteiger partial charge in [-0.2, -0.15) is 0 Å². The molecule has 1 saturated carbocycles. The lowest BCUT2D eigenvalue weighted by atomic mass is 9.89. The molecule has 0 heterocycles. The van der Waals surface area contributed by atoms with E-state index < -0.39 is 0 Å². The fraction of sp³-hybridized carbons (Fsp3) is 0.647. The van der Waals surface area contributed by atoms with Crippen LogP contribution in [0.3, 0.4) is 0 Å². The van der Waals surface area contributed by atoms with Gasteiger partial charge in [0, 0.05) is 6.54 Å². The van der Waals surface area contributed by atoms with Gasteiger partial charge in [-0.15, -0.1) is 0 Å². The van der Waals surface area contributed by atoms with Crippen LogP contribution in [0.5, 0.6) is 5.75 Å². The van der Waals surface area contributed by atoms with Crippen LogP contribution in [0.1, 0.15) is 43.2 Å². The second-order valence-electron chi connectivity index (χ2n) is 5.80. The minimum atomic E-state index is 0.759. The Balaban J connectivity index is 1.59. The molecule has 1 fully saturated rings. The maximum Gasteiger partial charge on any atom is 0.119 e. The molecular formula is C17H27NO. The SMILES string of the molecule is Cc1ccc(OCCNCC2CCCCC2)cc1C. The van der Waals surface area contributed by atoms with Crippen molar-refractivity contribution in [3.05, 3.63) is 29.3 Å². The van der Waals surface area contributed by atoms with Crippen LogP contribution in [-0.4, -0.2) is 19.7 Å². The van der Waals surface area contributed by atoms with Gasteiger partial charge in [-0.3, -0.25) is 0 Å². The summed E-state index contributed by atoms with van der Waals surface area (Å²) in [5, 5.41) is 3.53. The van der Waals surface area contributed by atoms with E-state index >= 15 is 0 Å². The molecule has 2 heteroatoms. The van der Waals surface area contributed by atoms with Crippen LogP contribution in [-0.2, 0) is 0 Å². The Bertz CT molecular complexity index is 383. The first-order valence-electron chi connectivity index (χ1n) is 7.66. The molecule has 0 atom stereocenters. The highest BCUT2D eigenvalue weighted by Gasteiger charge is 2.12. The number of ether oxygens (including phenoxy) is 1. The fourth-order valence-electron chi connectivity index (χ4n) is 2.74. The van der Waals surface area contributed by atoms with Gasteiger partial charge in [0.1, 0.15) is 12.4 Å². The third-order valence-electron chi connectivity index (χ3n) is 4.18. The quantitative estimate of drug-likeness (QED) is 0.785. The summed E-state index contributed by atoms with van der Waals surface area (Å²) in [6.07, 6.45) is 7.10. The summed E-state index contributed by atoms with van der Waals surface area (Å²) in [5.74, 6) is 1.89. The second kappa shape index (κ2) is 7.54. The lowest BCUT2D eigenvalue weighted by Gasteiger charge is -2.21. The normalized spacial score (nSPS) is 16.5. The van der Waals surface area contributed by atoms with E-state index in [0.29, 0.717) is 0 Å². The molecule has 0 spiro atoms. The smallest absolute Gasteiger partial charge is 0.119 e. The maximum absolute atomic E-state index is 5.77. The van der Waals surface area contributed by atoms with Crippen LogP contribution in [0.2, 0.25) is 0 Å². The van der Waals surface area contributed by atoms with E-state index in [4.69, 9.17) is 4.74 Å². The predicted octanol–water partition coefficient (Wildman–Crippen LogP) is 3.85. The summed E-state index contributed by atoms with van der Waals surface area (Å²) in [6, 6.07) is 6.31. The first-order chi connectivity index (χ1) is 9.25. The van der Waals surface area contributed by atoms with Gasteiger partial charge in [0.25, 0.3) is 0 Å². The summed E-state index contributed by atoms with van der Waals surface area (Å²) in [7, 11) is 0. The largest absolute Gasteiger partial charge is 0.492 e. The standard InChI is InChI=1S/C17H27NO/c1-14-8-9-17(12-15(14)2)19-11-10-18-13-16-6-4-3-5-7-16/h8-9,12,16,18H,3-7,10-11,13H2,1-2H3. The van der Waals surface area contributed by atoms with Crippen LogP contribution in [0.4, 0.5) is 0 Å². The highest BCUT2D eigenvalue weighted by atomic mass is 16.5. The minimum absolute atomic E-state index is 0.759. The van der Waals surface area contributed by atoms with Crippen LogP contribution >= 0.6 is 0 Å². The molecule has 19 heavy (non-hydrogen) atoms. The number of nitrogens with one attached hydrogen (secondary N) is 1. The Morgan fingerprint density at radius 3 is 2.63 bits per heavy atom. The van der Waals surface area contributed by atoms with Crippen LogP contribution in [0.25, 0.3) is 0 Å². The Morgan fingerprint density at radius 2 is 1.89 bits per heavy atom. The van der Waals surface area contributed by atoms with Gasteiger partial charge in [-0.1, -0.05) is 25.3 Å². The summed E-state index contributed by atoms with van der Waals surface area (Å²) in [5.41, 5.74) is 2.62. The average Bonchev–Trinajstić information content (AvgIpc) is 2.43. The number of aryl methyl sites for hydroxylation is 2. The first kappa shape index (κ1) is 14.4. The van der Waals surface area contributed by atoms with Crippen molar-refractivity contribution in [2.45, 2.75) is 46.0 Å². The summed E-state index contributed by atoms with van der Waals surface area (Å²) in [6.45, 7) is 7.13. The topological polar surface area (TPSA) is 21.3 Å². The van der Waals surface area contributed by atoms with Gasteiger partial charge >= 0.3 is 0 Å². The molecule has 2 rings (SSSR count). The van der Waals surface area contributed by atoms with E-state index in [1.54, 1.807) is 0 Å². The lowest BCUT2D eigenvalue weighted by molar-refractivity contribution is 0.294. The molecule has 1 aromatic rings. The van der Waals surface area contributed by atoms with E-state index in [1.807, 2.05) is 0 Å². The van der Waals surface area contributed by atoms with Crippen molar-refractivity contribution in [3.8, 4) is 5.75 Å². The zero-order valence-electron chi connectivity index (χ0n) is 12.4. The molecule has 0 radical (unpaired) electrons. The van der Waals surface area contributed by atoms with Crippen molar-refractivity contribution in [1.82, 2.24) is 5.32 Å². The average molecular weight is 261 g/mol. The molecule has 0 aromatic heterocycles. The highest BCUT2D eigenvalue weighted by Crippen LogP contribution is 2.22. The van der Waals surface area contributed by atoms with Gasteiger partial charge in [0.05, 0.1) is 0 Å². The van der Waals surface area contributed by atoms with Gasteiger partial charge in [0.2, 0.25) is 0 Å². The molecule has 1 N–H and O–H groups in total. The number of hydrogen-bond acceptors (Lipinski definition) is 2. The molecule has 0 aliphatic heterocycles. The molecule has 106 valence electrons. The van der Waals surface area contributed by atoms with Crippen LogP contribution in [0, 0.1) is 19.8 Å². The molecule has 0 bridgehead atoms. The van der Waals surface area contributed by atoms with E-state index in [-0.39, 0.29) is 0 Å². The number of benzene rings is 1.